The summed E-state index contributed by atoms with van der Waals surface area (Å²) in [7, 11) is 8.33. The molecule has 2 rings (SSSR count). The van der Waals surface area contributed by atoms with Crippen molar-refractivity contribution in [2.75, 3.05) is 33.1 Å². The fourth-order valence-electron chi connectivity index (χ4n) is 2.32. The van der Waals surface area contributed by atoms with E-state index in [0.29, 0.717) is 6.04 Å². The second kappa shape index (κ2) is 7.09. The van der Waals surface area contributed by atoms with Crippen LogP contribution >= 0.6 is 0 Å². The smallest absolute Gasteiger partial charge is 0.0529 e. The maximum Gasteiger partial charge on any atom is 0.0529 e. The van der Waals surface area contributed by atoms with Gasteiger partial charge in [-0.25, -0.2) is 0 Å². The summed E-state index contributed by atoms with van der Waals surface area (Å²) >= 11 is 0. The van der Waals surface area contributed by atoms with Gasteiger partial charge in [0.05, 0.1) is 6.04 Å². The molecule has 2 heteroatoms. The van der Waals surface area contributed by atoms with Gasteiger partial charge in [0, 0.05) is 19.8 Å². The first-order valence-corrected chi connectivity index (χ1v) is 7.25. The molecule has 2 aromatic carbocycles. The van der Waals surface area contributed by atoms with Crippen LogP contribution in [-0.2, 0) is 0 Å². The minimum absolute atomic E-state index is 0.291. The Hall–Kier alpha value is -2.06. The Morgan fingerprint density at radius 2 is 1.43 bits per heavy atom. The Morgan fingerprint density at radius 1 is 0.810 bits per heavy atom. The molecule has 21 heavy (non-hydrogen) atoms. The Morgan fingerprint density at radius 3 is 1.95 bits per heavy atom. The lowest BCUT2D eigenvalue weighted by atomic mass is 10.0. The predicted octanol–water partition coefficient (Wildman–Crippen LogP) is 4.07. The van der Waals surface area contributed by atoms with E-state index in [1.54, 1.807) is 0 Å². The minimum Gasteiger partial charge on any atom is -0.378 e. The van der Waals surface area contributed by atoms with Gasteiger partial charge in [0.25, 0.3) is 0 Å². The maximum absolute atomic E-state index is 2.25. The summed E-state index contributed by atoms with van der Waals surface area (Å²) in [6.45, 7) is 0. The molecule has 0 aliphatic heterocycles. The van der Waals surface area contributed by atoms with Crippen LogP contribution in [0.15, 0.2) is 60.7 Å². The summed E-state index contributed by atoms with van der Waals surface area (Å²) < 4.78 is 0. The molecular weight excluding hydrogens is 256 g/mol. The van der Waals surface area contributed by atoms with E-state index in [9.17, 15) is 0 Å². The van der Waals surface area contributed by atoms with Crippen molar-refractivity contribution < 1.29 is 0 Å². The van der Waals surface area contributed by atoms with E-state index in [0.717, 1.165) is 0 Å². The lowest BCUT2D eigenvalue weighted by Gasteiger charge is -2.21. The van der Waals surface area contributed by atoms with Crippen molar-refractivity contribution in [2.45, 2.75) is 6.04 Å². The Kier molecular flexibility index (Phi) is 5.18. The molecule has 0 bridgehead atoms. The minimum atomic E-state index is 0.291. The third-order valence-electron chi connectivity index (χ3n) is 3.58. The lowest BCUT2D eigenvalue weighted by molar-refractivity contribution is 0.352. The molecule has 2 nitrogen and oxygen atoms in total. The molecule has 0 radical (unpaired) electrons. The highest BCUT2D eigenvalue weighted by Gasteiger charge is 2.09. The van der Waals surface area contributed by atoms with Crippen LogP contribution < -0.4 is 4.90 Å². The fourth-order valence-corrected chi connectivity index (χ4v) is 2.32. The predicted molar refractivity (Wildman–Crippen MR) is 92.7 cm³/mol. The first-order valence-electron chi connectivity index (χ1n) is 7.25. The molecule has 0 spiro atoms. The zero-order chi connectivity index (χ0) is 15.2. The maximum atomic E-state index is 2.25. The van der Waals surface area contributed by atoms with Crippen LogP contribution in [0.5, 0.6) is 0 Å². The van der Waals surface area contributed by atoms with Gasteiger partial charge in [0.2, 0.25) is 0 Å². The SMILES string of the molecule is CN(C)c1ccc(C=CC(c2ccccc2)N(C)C)cc1. The third kappa shape index (κ3) is 4.20. The van der Waals surface area contributed by atoms with Crippen LogP contribution in [0.25, 0.3) is 6.08 Å². The Labute approximate surface area is 128 Å². The van der Waals surface area contributed by atoms with Crippen LogP contribution in [0.3, 0.4) is 0 Å². The molecule has 0 amide bonds. The van der Waals surface area contributed by atoms with Crippen LogP contribution in [0.4, 0.5) is 5.69 Å². The van der Waals surface area contributed by atoms with Crippen LogP contribution in [0, 0.1) is 0 Å². The second-order valence-corrected chi connectivity index (χ2v) is 5.66. The lowest BCUT2D eigenvalue weighted by Crippen LogP contribution is -2.17. The van der Waals surface area contributed by atoms with Crippen molar-refractivity contribution in [3.8, 4) is 0 Å². The standard InChI is InChI=1S/C19H24N2/c1-20(2)18-13-10-16(11-14-18)12-15-19(21(3)4)17-8-6-5-7-9-17/h5-15,19H,1-4H3. The molecule has 0 saturated heterocycles. The topological polar surface area (TPSA) is 6.48 Å². The van der Waals surface area contributed by atoms with Crippen molar-refractivity contribution in [3.05, 3.63) is 71.8 Å². The highest BCUT2D eigenvalue weighted by molar-refractivity contribution is 5.56. The molecule has 0 heterocycles. The van der Waals surface area contributed by atoms with E-state index in [-0.39, 0.29) is 0 Å². The number of nitrogens with zero attached hydrogens (tertiary/aromatic N) is 2. The zero-order valence-corrected chi connectivity index (χ0v) is 13.3. The summed E-state index contributed by atoms with van der Waals surface area (Å²) in [6, 6.07) is 19.5. The van der Waals surface area contributed by atoms with E-state index >= 15 is 0 Å². The average molecular weight is 280 g/mol. The quantitative estimate of drug-likeness (QED) is 0.814. The Bertz CT molecular complexity index is 568. The Balaban J connectivity index is 2.17. The molecule has 0 aliphatic carbocycles. The van der Waals surface area contributed by atoms with E-state index < -0.39 is 0 Å². The van der Waals surface area contributed by atoms with Crippen molar-refractivity contribution in [1.29, 1.82) is 0 Å². The van der Waals surface area contributed by atoms with Gasteiger partial charge in [-0.3, -0.25) is 4.90 Å². The molecule has 110 valence electrons. The molecule has 2 aromatic rings. The van der Waals surface area contributed by atoms with Crippen molar-refractivity contribution >= 4 is 11.8 Å². The number of benzene rings is 2. The molecule has 0 aromatic heterocycles. The van der Waals surface area contributed by atoms with Gasteiger partial charge >= 0.3 is 0 Å². The average Bonchev–Trinajstić information content (AvgIpc) is 2.48. The normalized spacial score (nSPS) is 12.8. The molecule has 0 N–H and O–H groups in total. The van der Waals surface area contributed by atoms with Gasteiger partial charge in [-0.05, 0) is 37.4 Å². The van der Waals surface area contributed by atoms with Gasteiger partial charge in [-0.1, -0.05) is 54.6 Å². The number of hydrogen-bond donors (Lipinski definition) is 0. The first-order chi connectivity index (χ1) is 10.1. The van der Waals surface area contributed by atoms with Gasteiger partial charge in [0.15, 0.2) is 0 Å². The highest BCUT2D eigenvalue weighted by atomic mass is 15.1. The summed E-state index contributed by atoms with van der Waals surface area (Å²) in [4.78, 5) is 4.33. The molecule has 1 atom stereocenters. The van der Waals surface area contributed by atoms with Gasteiger partial charge < -0.3 is 4.90 Å². The van der Waals surface area contributed by atoms with Crippen LogP contribution in [-0.4, -0.2) is 33.1 Å². The van der Waals surface area contributed by atoms with E-state index in [1.165, 1.54) is 16.8 Å². The van der Waals surface area contributed by atoms with Crippen molar-refractivity contribution in [3.63, 3.8) is 0 Å². The number of anilines is 1. The summed E-state index contributed by atoms with van der Waals surface area (Å²) in [5.41, 5.74) is 3.76. The molecule has 0 fully saturated rings. The number of hydrogen-bond acceptors (Lipinski definition) is 2. The highest BCUT2D eigenvalue weighted by Crippen LogP contribution is 2.21. The number of rotatable bonds is 5. The van der Waals surface area contributed by atoms with E-state index in [1.807, 2.05) is 0 Å². The van der Waals surface area contributed by atoms with Crippen molar-refractivity contribution in [1.82, 2.24) is 4.90 Å². The van der Waals surface area contributed by atoms with Gasteiger partial charge in [-0.2, -0.15) is 0 Å². The summed E-state index contributed by atoms with van der Waals surface area (Å²) in [5, 5.41) is 0. The fraction of sp³-hybridized carbons (Fsp3) is 0.263. The number of likely N-dealkylation sites (N-methyl/N-ethyl adjacent to an activating group) is 1. The van der Waals surface area contributed by atoms with Gasteiger partial charge in [0.1, 0.15) is 0 Å². The zero-order valence-electron chi connectivity index (χ0n) is 13.3. The van der Waals surface area contributed by atoms with Crippen LogP contribution in [0.1, 0.15) is 17.2 Å². The van der Waals surface area contributed by atoms with Crippen LogP contribution in [0.2, 0.25) is 0 Å². The first kappa shape index (κ1) is 15.3. The summed E-state index contributed by atoms with van der Waals surface area (Å²) in [5.74, 6) is 0. The second-order valence-electron chi connectivity index (χ2n) is 5.66. The third-order valence-corrected chi connectivity index (χ3v) is 3.58. The molecular formula is C19H24N2. The molecule has 0 aliphatic rings. The largest absolute Gasteiger partial charge is 0.378 e. The van der Waals surface area contributed by atoms with Crippen molar-refractivity contribution in [2.24, 2.45) is 0 Å². The summed E-state index contributed by atoms with van der Waals surface area (Å²) in [6.07, 6.45) is 4.44. The monoisotopic (exact) mass is 280 g/mol. The van der Waals surface area contributed by atoms with E-state index in [2.05, 4.69) is 105 Å². The molecule has 1 unspecified atom stereocenters. The molecule has 0 saturated carbocycles. The van der Waals surface area contributed by atoms with E-state index in [4.69, 9.17) is 0 Å². The van der Waals surface area contributed by atoms with Gasteiger partial charge in [-0.15, -0.1) is 0 Å².